The van der Waals surface area contributed by atoms with E-state index in [9.17, 15) is 0 Å². The fraction of sp³-hybridized carbons (Fsp3) is 0.467. The van der Waals surface area contributed by atoms with Crippen molar-refractivity contribution in [1.82, 2.24) is 0 Å². The zero-order chi connectivity index (χ0) is 22.6. The Morgan fingerprint density at radius 1 is 0.818 bits per heavy atom. The maximum absolute atomic E-state index is 2.53. The van der Waals surface area contributed by atoms with Crippen LogP contribution in [0, 0.1) is 0 Å². The second-order valence-corrected chi connectivity index (χ2v) is 14.6. The first-order valence-electron chi connectivity index (χ1n) is 12.0. The zero-order valence-corrected chi connectivity index (χ0v) is 25.5. The van der Waals surface area contributed by atoms with E-state index in [0.717, 1.165) is 6.42 Å². The van der Waals surface area contributed by atoms with E-state index in [-0.39, 0.29) is 35.6 Å². The SMILES string of the molecule is CCC1=CC[C]([Zr+2][c]2c(C(C)(C)C)ccc3c2Cc2cc(C(C)(C)C)ccc2-3)=C1CC.[Cl-].[Cl-]. The van der Waals surface area contributed by atoms with Crippen molar-refractivity contribution in [3.8, 4) is 11.1 Å². The van der Waals surface area contributed by atoms with Crippen molar-refractivity contribution in [3.63, 3.8) is 0 Å². The van der Waals surface area contributed by atoms with Crippen molar-refractivity contribution in [2.75, 3.05) is 0 Å². The van der Waals surface area contributed by atoms with Crippen LogP contribution >= 0.6 is 0 Å². The van der Waals surface area contributed by atoms with Crippen LogP contribution in [0.25, 0.3) is 11.1 Å². The van der Waals surface area contributed by atoms with Crippen LogP contribution in [0.2, 0.25) is 0 Å². The Hall–Kier alpha value is -0.617. The maximum Gasteiger partial charge on any atom is -1.00 e. The van der Waals surface area contributed by atoms with Crippen molar-refractivity contribution in [3.05, 3.63) is 73.1 Å². The van der Waals surface area contributed by atoms with Crippen LogP contribution in [0.4, 0.5) is 0 Å². The summed E-state index contributed by atoms with van der Waals surface area (Å²) in [7, 11) is 0. The van der Waals surface area contributed by atoms with Crippen LogP contribution in [-0.4, -0.2) is 0 Å². The number of hydrogen-bond donors (Lipinski definition) is 0. The number of hydrogen-bond acceptors (Lipinski definition) is 0. The molecule has 0 saturated heterocycles. The van der Waals surface area contributed by atoms with Gasteiger partial charge in [-0.05, 0) is 0 Å². The van der Waals surface area contributed by atoms with Gasteiger partial charge in [-0.25, -0.2) is 0 Å². The molecule has 2 aromatic carbocycles. The largest absolute Gasteiger partial charge is 1.00 e. The molecule has 4 rings (SSSR count). The van der Waals surface area contributed by atoms with E-state index in [1.54, 1.807) is 25.5 Å². The molecule has 2 aliphatic carbocycles. The van der Waals surface area contributed by atoms with Gasteiger partial charge >= 0.3 is 203 Å². The molecular formula is C30H38Cl2Zr. The standard InChI is InChI=1S/C21H25.C9H13.2ClH.Zr/c1-20(2,3)16-7-9-18-14(12-16)11-15-13-17(21(4,5)6)8-10-19(15)18;1-3-8-6-5-7-9(8)4-2;;;/h7-10,12H,11H2,1-6H3;6H,3-5H2,1-2H3;2*1H;/q;;;;+2/p-2. The van der Waals surface area contributed by atoms with Crippen LogP contribution in [-0.2, 0) is 40.5 Å². The molecule has 0 fully saturated rings. The summed E-state index contributed by atoms with van der Waals surface area (Å²) in [4.78, 5) is 0. The molecular weight excluding hydrogens is 522 g/mol. The summed E-state index contributed by atoms with van der Waals surface area (Å²) in [5.41, 5.74) is 13.0. The molecule has 2 aliphatic rings. The van der Waals surface area contributed by atoms with Crippen molar-refractivity contribution in [2.24, 2.45) is 0 Å². The fourth-order valence-electron chi connectivity index (χ4n) is 5.25. The third-order valence-electron chi connectivity index (χ3n) is 7.06. The van der Waals surface area contributed by atoms with E-state index in [1.807, 2.05) is 3.28 Å². The summed E-state index contributed by atoms with van der Waals surface area (Å²) in [5.74, 6) is 0. The van der Waals surface area contributed by atoms with Gasteiger partial charge in [0.15, 0.2) is 0 Å². The van der Waals surface area contributed by atoms with E-state index < -0.39 is 23.2 Å². The molecule has 33 heavy (non-hydrogen) atoms. The number of halogens is 2. The van der Waals surface area contributed by atoms with Crippen molar-refractivity contribution < 1.29 is 48.0 Å². The van der Waals surface area contributed by atoms with E-state index >= 15 is 0 Å². The van der Waals surface area contributed by atoms with Crippen LogP contribution in [0.15, 0.2) is 50.8 Å². The van der Waals surface area contributed by atoms with E-state index in [2.05, 4.69) is 91.8 Å². The van der Waals surface area contributed by atoms with Gasteiger partial charge in [-0.2, -0.15) is 0 Å². The molecule has 0 spiro atoms. The monoisotopic (exact) mass is 558 g/mol. The molecule has 0 heterocycles. The summed E-state index contributed by atoms with van der Waals surface area (Å²) in [6, 6.07) is 12.1. The molecule has 176 valence electrons. The normalized spacial score (nSPS) is 14.7. The minimum Gasteiger partial charge on any atom is -1.00 e. The Balaban J connectivity index is 0.00000193. The quantitative estimate of drug-likeness (QED) is 0.458. The summed E-state index contributed by atoms with van der Waals surface area (Å²) in [6.45, 7) is 18.8. The van der Waals surface area contributed by atoms with Crippen molar-refractivity contribution >= 4 is 3.27 Å². The summed E-state index contributed by atoms with van der Waals surface area (Å²) in [5, 5.41) is 0. The topological polar surface area (TPSA) is 0 Å². The molecule has 0 radical (unpaired) electrons. The summed E-state index contributed by atoms with van der Waals surface area (Å²) in [6.07, 6.45) is 7.25. The molecule has 0 aliphatic heterocycles. The third-order valence-corrected chi connectivity index (χ3v) is 11.1. The molecule has 3 heteroatoms. The van der Waals surface area contributed by atoms with Gasteiger partial charge in [0.25, 0.3) is 0 Å². The predicted octanol–water partition coefficient (Wildman–Crippen LogP) is 1.97. The Morgan fingerprint density at radius 2 is 1.48 bits per heavy atom. The molecule has 0 saturated carbocycles. The average molecular weight is 561 g/mol. The van der Waals surface area contributed by atoms with E-state index in [4.69, 9.17) is 0 Å². The second-order valence-electron chi connectivity index (χ2n) is 11.3. The fourth-order valence-corrected chi connectivity index (χ4v) is 10.1. The molecule has 0 amide bonds. The minimum atomic E-state index is -0.847. The minimum absolute atomic E-state index is 0. The van der Waals surface area contributed by atoms with Crippen LogP contribution in [0.1, 0.15) is 96.9 Å². The molecule has 0 N–H and O–H groups in total. The van der Waals surface area contributed by atoms with Gasteiger partial charge in [-0.1, -0.05) is 0 Å². The predicted molar refractivity (Wildman–Crippen MR) is 132 cm³/mol. The van der Waals surface area contributed by atoms with Crippen molar-refractivity contribution in [1.29, 1.82) is 0 Å². The maximum atomic E-state index is 2.53. The molecule has 0 unspecified atom stereocenters. The van der Waals surface area contributed by atoms with Gasteiger partial charge in [-0.15, -0.1) is 0 Å². The molecule has 2 aromatic rings. The zero-order valence-electron chi connectivity index (χ0n) is 21.5. The van der Waals surface area contributed by atoms with E-state index in [1.165, 1.54) is 41.5 Å². The van der Waals surface area contributed by atoms with Crippen LogP contribution < -0.4 is 28.1 Å². The summed E-state index contributed by atoms with van der Waals surface area (Å²) < 4.78 is 3.60. The Morgan fingerprint density at radius 3 is 2.06 bits per heavy atom. The third kappa shape index (κ3) is 5.47. The average Bonchev–Trinajstić information content (AvgIpc) is 3.26. The van der Waals surface area contributed by atoms with Gasteiger partial charge in [0.05, 0.1) is 0 Å². The molecule has 0 atom stereocenters. The Kier molecular flexibility index (Phi) is 9.16. The van der Waals surface area contributed by atoms with Crippen molar-refractivity contribution in [2.45, 2.75) is 91.9 Å². The number of benzene rings is 2. The first-order chi connectivity index (χ1) is 14.5. The van der Waals surface area contributed by atoms with Gasteiger partial charge in [-0.3, -0.25) is 0 Å². The molecule has 0 nitrogen and oxygen atoms in total. The first-order valence-corrected chi connectivity index (χ1v) is 14.5. The number of fused-ring (bicyclic) bond motifs is 3. The smallest absolute Gasteiger partial charge is 1.00 e. The van der Waals surface area contributed by atoms with Crippen LogP contribution in [0.3, 0.4) is 0 Å². The summed E-state index contributed by atoms with van der Waals surface area (Å²) >= 11 is -0.847. The second kappa shape index (κ2) is 10.6. The first kappa shape index (κ1) is 28.6. The number of rotatable bonds is 4. The van der Waals surface area contributed by atoms with E-state index in [0.29, 0.717) is 0 Å². The van der Waals surface area contributed by atoms with Gasteiger partial charge < -0.3 is 24.8 Å². The molecule has 0 bridgehead atoms. The Bertz CT molecular complexity index is 1090. The van der Waals surface area contributed by atoms with Gasteiger partial charge in [0, 0.05) is 0 Å². The van der Waals surface area contributed by atoms with Gasteiger partial charge in [0.2, 0.25) is 0 Å². The number of allylic oxidation sites excluding steroid dienone is 4. The Labute approximate surface area is 226 Å². The van der Waals surface area contributed by atoms with Crippen LogP contribution in [0.5, 0.6) is 0 Å². The molecule has 0 aromatic heterocycles. The van der Waals surface area contributed by atoms with Gasteiger partial charge in [0.1, 0.15) is 0 Å².